The molecule has 7 nitrogen and oxygen atoms in total. The number of nitrogens with zero attached hydrogens (tertiary/aromatic N) is 2. The zero-order valence-corrected chi connectivity index (χ0v) is 13.7. The lowest BCUT2D eigenvalue weighted by molar-refractivity contribution is 0.102. The van der Waals surface area contributed by atoms with Crippen molar-refractivity contribution in [2.75, 3.05) is 19.0 Å². The van der Waals surface area contributed by atoms with Gasteiger partial charge in [-0.25, -0.2) is 4.98 Å². The van der Waals surface area contributed by atoms with Gasteiger partial charge in [-0.2, -0.15) is 0 Å². The van der Waals surface area contributed by atoms with E-state index < -0.39 is 5.91 Å². The highest BCUT2D eigenvalue weighted by Gasteiger charge is 2.19. The van der Waals surface area contributed by atoms with Crippen LogP contribution in [0.1, 0.15) is 10.5 Å². The minimum absolute atomic E-state index is 0.161. The van der Waals surface area contributed by atoms with Crippen LogP contribution in [0.2, 0.25) is 0 Å². The second-order valence-electron chi connectivity index (χ2n) is 4.90. The Kier molecular flexibility index (Phi) is 4.88. The third-order valence-electron chi connectivity index (χ3n) is 3.31. The molecule has 3 rings (SSSR count). The summed E-state index contributed by atoms with van der Waals surface area (Å²) in [6.45, 7) is 0.812. The number of oxazole rings is 1. The second kappa shape index (κ2) is 7.24. The van der Waals surface area contributed by atoms with Gasteiger partial charge in [-0.05, 0) is 17.5 Å². The SMILES string of the molecule is COCCn1cc(NC(=O)c2ncoc2-c2cccs2)ccc1=O. The van der Waals surface area contributed by atoms with E-state index in [9.17, 15) is 9.59 Å². The quantitative estimate of drug-likeness (QED) is 0.742. The van der Waals surface area contributed by atoms with Crippen molar-refractivity contribution in [1.29, 1.82) is 0 Å². The molecule has 0 atom stereocenters. The highest BCUT2D eigenvalue weighted by atomic mass is 32.1. The standard InChI is InChI=1S/C16H15N3O4S/c1-22-7-6-19-9-11(4-5-13(19)20)18-16(21)14-15(23-10-17-14)12-3-2-8-24-12/h2-5,8-10H,6-7H2,1H3,(H,18,21). The predicted octanol–water partition coefficient (Wildman–Crippen LogP) is 2.46. The second-order valence-corrected chi connectivity index (χ2v) is 5.85. The number of hydrogen-bond donors (Lipinski definition) is 1. The van der Waals surface area contributed by atoms with Crippen molar-refractivity contribution >= 4 is 22.9 Å². The first-order valence-corrected chi connectivity index (χ1v) is 8.05. The van der Waals surface area contributed by atoms with Gasteiger partial charge in [-0.3, -0.25) is 9.59 Å². The fourth-order valence-electron chi connectivity index (χ4n) is 2.15. The van der Waals surface area contributed by atoms with Gasteiger partial charge in [-0.15, -0.1) is 11.3 Å². The van der Waals surface area contributed by atoms with Crippen molar-refractivity contribution in [3.63, 3.8) is 0 Å². The molecular weight excluding hydrogens is 330 g/mol. The number of amides is 1. The van der Waals surface area contributed by atoms with Gasteiger partial charge in [0.25, 0.3) is 11.5 Å². The molecule has 0 radical (unpaired) electrons. The monoisotopic (exact) mass is 345 g/mol. The molecule has 0 saturated heterocycles. The maximum Gasteiger partial charge on any atom is 0.278 e. The Balaban J connectivity index is 1.81. The Morgan fingerprint density at radius 3 is 3.04 bits per heavy atom. The van der Waals surface area contributed by atoms with Crippen molar-refractivity contribution in [3.05, 3.63) is 58.3 Å². The number of ether oxygens (including phenoxy) is 1. The van der Waals surface area contributed by atoms with Crippen molar-refractivity contribution in [2.24, 2.45) is 0 Å². The molecule has 24 heavy (non-hydrogen) atoms. The number of anilines is 1. The molecule has 3 aromatic rings. The van der Waals surface area contributed by atoms with Gasteiger partial charge in [0.2, 0.25) is 0 Å². The van der Waals surface area contributed by atoms with Crippen LogP contribution in [-0.2, 0) is 11.3 Å². The number of rotatable bonds is 6. The molecule has 8 heteroatoms. The van der Waals surface area contributed by atoms with Crippen LogP contribution in [0.25, 0.3) is 10.6 Å². The van der Waals surface area contributed by atoms with Crippen LogP contribution in [0.3, 0.4) is 0 Å². The molecule has 0 aliphatic rings. The molecule has 0 bridgehead atoms. The van der Waals surface area contributed by atoms with E-state index in [-0.39, 0.29) is 11.3 Å². The lowest BCUT2D eigenvalue weighted by Gasteiger charge is -2.08. The zero-order chi connectivity index (χ0) is 16.9. The third-order valence-corrected chi connectivity index (χ3v) is 4.17. The van der Waals surface area contributed by atoms with Crippen LogP contribution in [0.5, 0.6) is 0 Å². The van der Waals surface area contributed by atoms with Gasteiger partial charge in [0.05, 0.1) is 17.2 Å². The van der Waals surface area contributed by atoms with E-state index in [4.69, 9.17) is 9.15 Å². The topological polar surface area (TPSA) is 86.4 Å². The molecule has 0 fully saturated rings. The lowest BCUT2D eigenvalue weighted by Crippen LogP contribution is -2.22. The lowest BCUT2D eigenvalue weighted by atomic mass is 10.2. The van der Waals surface area contributed by atoms with Gasteiger partial charge in [0.15, 0.2) is 17.8 Å². The summed E-state index contributed by atoms with van der Waals surface area (Å²) in [6.07, 6.45) is 2.81. The number of hydrogen-bond acceptors (Lipinski definition) is 6. The third kappa shape index (κ3) is 3.44. The maximum absolute atomic E-state index is 12.5. The minimum Gasteiger partial charge on any atom is -0.442 e. The van der Waals surface area contributed by atoms with E-state index in [1.807, 2.05) is 17.5 Å². The highest BCUT2D eigenvalue weighted by Crippen LogP contribution is 2.27. The van der Waals surface area contributed by atoms with Crippen LogP contribution in [-0.4, -0.2) is 29.2 Å². The van der Waals surface area contributed by atoms with Gasteiger partial charge in [-0.1, -0.05) is 6.07 Å². The summed E-state index contributed by atoms with van der Waals surface area (Å²) in [7, 11) is 1.56. The van der Waals surface area contributed by atoms with Crippen LogP contribution >= 0.6 is 11.3 Å². The molecular formula is C16H15N3O4S. The number of carbonyl (C=O) groups excluding carboxylic acids is 1. The number of nitrogens with one attached hydrogen (secondary N) is 1. The Bertz CT molecular complexity index is 883. The number of methoxy groups -OCH3 is 1. The molecule has 0 unspecified atom stereocenters. The number of pyridine rings is 1. The molecule has 0 aliphatic heterocycles. The molecule has 1 N–H and O–H groups in total. The first-order valence-electron chi connectivity index (χ1n) is 7.17. The van der Waals surface area contributed by atoms with Crippen LogP contribution < -0.4 is 10.9 Å². The summed E-state index contributed by atoms with van der Waals surface area (Å²) >= 11 is 1.46. The first kappa shape index (κ1) is 16.2. The van der Waals surface area contributed by atoms with Crippen molar-refractivity contribution in [3.8, 4) is 10.6 Å². The minimum atomic E-state index is -0.399. The molecule has 124 valence electrons. The van der Waals surface area contributed by atoms with Crippen molar-refractivity contribution < 1.29 is 13.9 Å². The largest absolute Gasteiger partial charge is 0.442 e. The van der Waals surface area contributed by atoms with Crippen molar-refractivity contribution in [1.82, 2.24) is 9.55 Å². The van der Waals surface area contributed by atoms with E-state index >= 15 is 0 Å². The Morgan fingerprint density at radius 2 is 2.29 bits per heavy atom. The van der Waals surface area contributed by atoms with Gasteiger partial charge in [0.1, 0.15) is 0 Å². The highest BCUT2D eigenvalue weighted by molar-refractivity contribution is 7.13. The number of carbonyl (C=O) groups is 1. The van der Waals surface area contributed by atoms with Crippen molar-refractivity contribution in [2.45, 2.75) is 6.54 Å². The molecule has 3 aromatic heterocycles. The summed E-state index contributed by atoms with van der Waals surface area (Å²) in [5, 5.41) is 4.63. The smallest absolute Gasteiger partial charge is 0.278 e. The normalized spacial score (nSPS) is 10.7. The molecule has 1 amide bonds. The van der Waals surface area contributed by atoms with Crippen LogP contribution in [0.4, 0.5) is 5.69 Å². The van der Waals surface area contributed by atoms with E-state index in [0.717, 1.165) is 4.88 Å². The van der Waals surface area contributed by atoms with E-state index in [0.29, 0.717) is 24.6 Å². The molecule has 0 aliphatic carbocycles. The van der Waals surface area contributed by atoms with Crippen LogP contribution in [0, 0.1) is 0 Å². The average molecular weight is 345 g/mol. The number of aromatic nitrogens is 2. The fourth-order valence-corrected chi connectivity index (χ4v) is 2.86. The van der Waals surface area contributed by atoms with Crippen LogP contribution in [0.15, 0.2) is 51.4 Å². The Hall–Kier alpha value is -2.71. The molecule has 0 spiro atoms. The van der Waals surface area contributed by atoms with E-state index in [1.54, 1.807) is 19.4 Å². The molecule has 3 heterocycles. The summed E-state index contributed by atoms with van der Waals surface area (Å²) < 4.78 is 11.8. The summed E-state index contributed by atoms with van der Waals surface area (Å²) in [5.41, 5.74) is 0.536. The van der Waals surface area contributed by atoms with Gasteiger partial charge >= 0.3 is 0 Å². The van der Waals surface area contributed by atoms with E-state index in [2.05, 4.69) is 10.3 Å². The first-order chi connectivity index (χ1) is 11.7. The summed E-state index contributed by atoms with van der Waals surface area (Å²) in [4.78, 5) is 29.0. The Labute approximate surface area is 141 Å². The van der Waals surface area contributed by atoms with Gasteiger partial charge < -0.3 is 19.0 Å². The van der Waals surface area contributed by atoms with Gasteiger partial charge in [0, 0.05) is 25.9 Å². The number of thiophene rings is 1. The zero-order valence-electron chi connectivity index (χ0n) is 12.9. The molecule has 0 aromatic carbocycles. The van der Waals surface area contributed by atoms with E-state index in [1.165, 1.54) is 28.4 Å². The summed E-state index contributed by atoms with van der Waals surface area (Å²) in [5.74, 6) is 0.0271. The maximum atomic E-state index is 12.5. The average Bonchev–Trinajstić information content (AvgIpc) is 3.25. The predicted molar refractivity (Wildman–Crippen MR) is 90.3 cm³/mol. The molecule has 0 saturated carbocycles. The Morgan fingerprint density at radius 1 is 1.42 bits per heavy atom. The fraction of sp³-hybridized carbons (Fsp3) is 0.188. The summed E-state index contributed by atoms with van der Waals surface area (Å²) in [6, 6.07) is 6.67.